The Morgan fingerprint density at radius 2 is 1.84 bits per heavy atom. The summed E-state index contributed by atoms with van der Waals surface area (Å²) in [5, 5.41) is 0. The van der Waals surface area contributed by atoms with Crippen LogP contribution >= 0.6 is 0 Å². The van der Waals surface area contributed by atoms with E-state index in [-0.39, 0.29) is 5.41 Å². The van der Waals surface area contributed by atoms with Gasteiger partial charge < -0.3 is 5.73 Å². The molecule has 0 aliphatic heterocycles. The van der Waals surface area contributed by atoms with Crippen molar-refractivity contribution in [3.8, 4) is 11.3 Å². The van der Waals surface area contributed by atoms with Gasteiger partial charge in [0.2, 0.25) is 0 Å². The number of aromatic nitrogens is 3. The second-order valence-electron chi connectivity index (χ2n) is 5.38. The van der Waals surface area contributed by atoms with Crippen molar-refractivity contribution in [2.24, 2.45) is 5.73 Å². The third-order valence-electron chi connectivity index (χ3n) is 3.20. The Morgan fingerprint density at radius 3 is 2.47 bits per heavy atom. The van der Waals surface area contributed by atoms with Crippen LogP contribution in [0.1, 0.15) is 31.8 Å². The van der Waals surface area contributed by atoms with Crippen LogP contribution in [0.2, 0.25) is 0 Å². The molecule has 2 aromatic rings. The normalized spacial score (nSPS) is 11.6. The first kappa shape index (κ1) is 13.6. The van der Waals surface area contributed by atoms with Crippen molar-refractivity contribution in [3.05, 3.63) is 42.1 Å². The van der Waals surface area contributed by atoms with Crippen LogP contribution in [0.5, 0.6) is 0 Å². The van der Waals surface area contributed by atoms with Crippen LogP contribution < -0.4 is 5.73 Å². The van der Waals surface area contributed by atoms with E-state index in [1.54, 1.807) is 12.4 Å². The number of hydrogen-bond acceptors (Lipinski definition) is 4. The molecule has 0 radical (unpaired) electrons. The maximum Gasteiger partial charge on any atom is 0.134 e. The fourth-order valence-electron chi connectivity index (χ4n) is 2.01. The molecule has 0 aliphatic rings. The summed E-state index contributed by atoms with van der Waals surface area (Å²) in [6, 6.07) is 5.92. The lowest BCUT2D eigenvalue weighted by Gasteiger charge is -2.23. The zero-order chi connectivity index (χ0) is 13.9. The predicted octanol–water partition coefficient (Wildman–Crippen LogP) is 2.47. The standard InChI is InChI=1S/C15H20N4/c1-11-10-13(12-4-8-17-9-5-12)19-14(18-11)15(2,3)6-7-16/h4-5,8-10H,6-7,16H2,1-3H3. The summed E-state index contributed by atoms with van der Waals surface area (Å²) in [6.07, 6.45) is 4.42. The lowest BCUT2D eigenvalue weighted by molar-refractivity contribution is 0.456. The summed E-state index contributed by atoms with van der Waals surface area (Å²) < 4.78 is 0. The summed E-state index contributed by atoms with van der Waals surface area (Å²) in [4.78, 5) is 13.3. The molecule has 0 atom stereocenters. The largest absolute Gasteiger partial charge is 0.330 e. The molecule has 0 amide bonds. The number of nitrogens with two attached hydrogens (primary N) is 1. The molecule has 4 nitrogen and oxygen atoms in total. The molecule has 0 spiro atoms. The van der Waals surface area contributed by atoms with Crippen LogP contribution in [-0.2, 0) is 5.41 Å². The minimum absolute atomic E-state index is 0.109. The Kier molecular flexibility index (Phi) is 3.90. The van der Waals surface area contributed by atoms with Crippen molar-refractivity contribution in [3.63, 3.8) is 0 Å². The highest BCUT2D eigenvalue weighted by Crippen LogP contribution is 2.26. The fourth-order valence-corrected chi connectivity index (χ4v) is 2.01. The van der Waals surface area contributed by atoms with Gasteiger partial charge >= 0.3 is 0 Å². The van der Waals surface area contributed by atoms with E-state index in [9.17, 15) is 0 Å². The van der Waals surface area contributed by atoms with Gasteiger partial charge in [-0.25, -0.2) is 9.97 Å². The Bertz CT molecular complexity index is 549. The van der Waals surface area contributed by atoms with Gasteiger partial charge in [0.05, 0.1) is 5.69 Å². The van der Waals surface area contributed by atoms with Crippen molar-refractivity contribution in [1.82, 2.24) is 15.0 Å². The highest BCUT2D eigenvalue weighted by Gasteiger charge is 2.23. The van der Waals surface area contributed by atoms with E-state index in [0.717, 1.165) is 29.2 Å². The second-order valence-corrected chi connectivity index (χ2v) is 5.38. The number of nitrogens with zero attached hydrogens (tertiary/aromatic N) is 3. The molecular formula is C15H20N4. The van der Waals surface area contributed by atoms with Gasteiger partial charge in [0, 0.05) is 29.1 Å². The summed E-state index contributed by atoms with van der Waals surface area (Å²) in [6.45, 7) is 6.89. The summed E-state index contributed by atoms with van der Waals surface area (Å²) in [5.74, 6) is 0.852. The van der Waals surface area contributed by atoms with Crippen LogP contribution in [0.3, 0.4) is 0 Å². The molecule has 19 heavy (non-hydrogen) atoms. The molecule has 2 heterocycles. The molecule has 0 unspecified atom stereocenters. The molecule has 2 N–H and O–H groups in total. The molecule has 2 aromatic heterocycles. The van der Waals surface area contributed by atoms with Crippen LogP contribution in [0.4, 0.5) is 0 Å². The number of pyridine rings is 1. The van der Waals surface area contributed by atoms with Crippen LogP contribution in [0.25, 0.3) is 11.3 Å². The van der Waals surface area contributed by atoms with E-state index in [4.69, 9.17) is 10.7 Å². The summed E-state index contributed by atoms with van der Waals surface area (Å²) >= 11 is 0. The van der Waals surface area contributed by atoms with Crippen LogP contribution in [-0.4, -0.2) is 21.5 Å². The molecule has 0 saturated heterocycles. The highest BCUT2D eigenvalue weighted by atomic mass is 14.9. The summed E-state index contributed by atoms with van der Waals surface area (Å²) in [7, 11) is 0. The monoisotopic (exact) mass is 256 g/mol. The lowest BCUT2D eigenvalue weighted by atomic mass is 9.88. The maximum absolute atomic E-state index is 5.68. The summed E-state index contributed by atoms with van der Waals surface area (Å²) in [5.41, 5.74) is 8.54. The first-order valence-electron chi connectivity index (χ1n) is 6.49. The van der Waals surface area contributed by atoms with Crippen molar-refractivity contribution >= 4 is 0 Å². The van der Waals surface area contributed by atoms with E-state index in [1.807, 2.05) is 25.1 Å². The average Bonchev–Trinajstić information content (AvgIpc) is 2.39. The third-order valence-corrected chi connectivity index (χ3v) is 3.20. The molecule has 0 bridgehead atoms. The molecule has 4 heteroatoms. The zero-order valence-corrected chi connectivity index (χ0v) is 11.7. The van der Waals surface area contributed by atoms with Gasteiger partial charge in [0.1, 0.15) is 5.82 Å². The first-order chi connectivity index (χ1) is 9.03. The van der Waals surface area contributed by atoms with Gasteiger partial charge in [-0.1, -0.05) is 13.8 Å². The molecule has 0 aromatic carbocycles. The van der Waals surface area contributed by atoms with Gasteiger partial charge in [-0.05, 0) is 38.1 Å². The number of rotatable bonds is 4. The van der Waals surface area contributed by atoms with E-state index in [0.29, 0.717) is 6.54 Å². The SMILES string of the molecule is Cc1cc(-c2ccncc2)nc(C(C)(C)CCN)n1. The first-order valence-corrected chi connectivity index (χ1v) is 6.49. The fraction of sp³-hybridized carbons (Fsp3) is 0.400. The van der Waals surface area contributed by atoms with E-state index < -0.39 is 0 Å². The van der Waals surface area contributed by atoms with Gasteiger partial charge in [0.25, 0.3) is 0 Å². The average molecular weight is 256 g/mol. The van der Waals surface area contributed by atoms with Crippen molar-refractivity contribution in [2.45, 2.75) is 32.6 Å². The Hall–Kier alpha value is -1.81. The van der Waals surface area contributed by atoms with Crippen molar-refractivity contribution in [2.75, 3.05) is 6.54 Å². The minimum atomic E-state index is -0.109. The highest BCUT2D eigenvalue weighted by molar-refractivity contribution is 5.58. The molecular weight excluding hydrogens is 236 g/mol. The second kappa shape index (κ2) is 5.45. The van der Waals surface area contributed by atoms with Gasteiger partial charge in [0.15, 0.2) is 0 Å². The Labute approximate surface area is 114 Å². The lowest BCUT2D eigenvalue weighted by Crippen LogP contribution is -2.25. The van der Waals surface area contributed by atoms with E-state index in [1.165, 1.54) is 0 Å². The number of hydrogen-bond donors (Lipinski definition) is 1. The Balaban J connectivity index is 2.46. The zero-order valence-electron chi connectivity index (χ0n) is 11.7. The predicted molar refractivity (Wildman–Crippen MR) is 76.7 cm³/mol. The number of aryl methyl sites for hydroxylation is 1. The molecule has 0 fully saturated rings. The topological polar surface area (TPSA) is 64.7 Å². The van der Waals surface area contributed by atoms with Crippen LogP contribution in [0, 0.1) is 6.92 Å². The van der Waals surface area contributed by atoms with E-state index in [2.05, 4.69) is 23.8 Å². The minimum Gasteiger partial charge on any atom is -0.330 e. The molecule has 2 rings (SSSR count). The quantitative estimate of drug-likeness (QED) is 0.912. The molecule has 0 aliphatic carbocycles. The Morgan fingerprint density at radius 1 is 1.16 bits per heavy atom. The van der Waals surface area contributed by atoms with Crippen molar-refractivity contribution < 1.29 is 0 Å². The van der Waals surface area contributed by atoms with Crippen molar-refractivity contribution in [1.29, 1.82) is 0 Å². The van der Waals surface area contributed by atoms with E-state index >= 15 is 0 Å². The van der Waals surface area contributed by atoms with Crippen LogP contribution in [0.15, 0.2) is 30.6 Å². The molecule has 0 saturated carbocycles. The maximum atomic E-state index is 5.68. The van der Waals surface area contributed by atoms with Gasteiger partial charge in [-0.3, -0.25) is 4.98 Å². The van der Waals surface area contributed by atoms with Gasteiger partial charge in [-0.15, -0.1) is 0 Å². The molecule has 100 valence electrons. The third kappa shape index (κ3) is 3.15. The van der Waals surface area contributed by atoms with Gasteiger partial charge in [-0.2, -0.15) is 0 Å². The smallest absolute Gasteiger partial charge is 0.134 e.